The molecule has 6 aliphatic rings. The molecule has 1 unspecified atom stereocenters. The monoisotopic (exact) mass is 747 g/mol. The first-order valence-electron chi connectivity index (χ1n) is 18.9. The van der Waals surface area contributed by atoms with Crippen LogP contribution >= 0.6 is 11.6 Å². The van der Waals surface area contributed by atoms with Gasteiger partial charge in [-0.2, -0.15) is 0 Å². The molecular weight excluding hydrogens is 706 g/mol. The predicted octanol–water partition coefficient (Wildman–Crippen LogP) is 5.13. The van der Waals surface area contributed by atoms with E-state index in [1.165, 1.54) is 5.69 Å². The molecule has 0 aromatic heterocycles. The summed E-state index contributed by atoms with van der Waals surface area (Å²) in [7, 11) is 0. The Balaban J connectivity index is 0.729. The van der Waals surface area contributed by atoms with Crippen molar-refractivity contribution < 1.29 is 23.9 Å². The minimum Gasteiger partial charge on any atom is -0.488 e. The number of anilines is 3. The molecule has 0 saturated carbocycles. The van der Waals surface area contributed by atoms with Crippen LogP contribution in [0.15, 0.2) is 60.7 Å². The maximum Gasteiger partial charge on any atom is 0.262 e. The molecule has 278 valence electrons. The molecule has 1 spiro atoms. The topological polar surface area (TPSA) is 110 Å². The summed E-state index contributed by atoms with van der Waals surface area (Å²) in [6, 6.07) is 19.5. The van der Waals surface area contributed by atoms with Gasteiger partial charge in [0.15, 0.2) is 0 Å². The van der Waals surface area contributed by atoms with Crippen LogP contribution < -0.4 is 24.8 Å². The van der Waals surface area contributed by atoms with E-state index in [1.54, 1.807) is 12.1 Å². The summed E-state index contributed by atoms with van der Waals surface area (Å²) in [4.78, 5) is 64.4. The Bertz CT molecular complexity index is 2080. The molecule has 1 N–H and O–H groups in total. The van der Waals surface area contributed by atoms with Crippen LogP contribution in [0.25, 0.3) is 4.85 Å². The van der Waals surface area contributed by atoms with Gasteiger partial charge in [0.2, 0.25) is 17.5 Å². The fourth-order valence-corrected chi connectivity index (χ4v) is 9.57. The van der Waals surface area contributed by atoms with Gasteiger partial charge in [0.05, 0.1) is 17.7 Å². The van der Waals surface area contributed by atoms with E-state index in [9.17, 15) is 19.2 Å². The summed E-state index contributed by atoms with van der Waals surface area (Å²) >= 11 is 6.38. The number of ether oxygens (including phenoxy) is 1. The Kier molecular flexibility index (Phi) is 8.54. The molecule has 9 rings (SSSR count). The van der Waals surface area contributed by atoms with E-state index in [4.69, 9.17) is 22.9 Å². The largest absolute Gasteiger partial charge is 0.488 e. The van der Waals surface area contributed by atoms with Gasteiger partial charge in [-0.25, -0.2) is 4.85 Å². The van der Waals surface area contributed by atoms with Crippen molar-refractivity contribution in [2.24, 2.45) is 5.41 Å². The van der Waals surface area contributed by atoms with Gasteiger partial charge in [-0.3, -0.25) is 34.3 Å². The second-order valence-corrected chi connectivity index (χ2v) is 16.2. The second-order valence-electron chi connectivity index (χ2n) is 15.8. The predicted molar refractivity (Wildman–Crippen MR) is 205 cm³/mol. The van der Waals surface area contributed by atoms with Gasteiger partial charge in [-0.15, -0.1) is 0 Å². The fourth-order valence-electron chi connectivity index (χ4n) is 9.35. The molecular formula is C41H42ClN7O5. The lowest BCUT2D eigenvalue weighted by molar-refractivity contribution is -0.136. The van der Waals surface area contributed by atoms with Crippen LogP contribution in [0.5, 0.6) is 5.75 Å². The number of piperidine rings is 2. The van der Waals surface area contributed by atoms with Crippen LogP contribution in [0.3, 0.4) is 0 Å². The van der Waals surface area contributed by atoms with Crippen molar-refractivity contribution in [1.29, 1.82) is 0 Å². The Morgan fingerprint density at radius 3 is 2.26 bits per heavy atom. The highest BCUT2D eigenvalue weighted by Gasteiger charge is 2.47. The van der Waals surface area contributed by atoms with E-state index in [-0.39, 0.29) is 24.9 Å². The zero-order valence-corrected chi connectivity index (χ0v) is 30.9. The number of nitrogens with zero attached hydrogens (tertiary/aromatic N) is 6. The van der Waals surface area contributed by atoms with Crippen LogP contribution in [-0.2, 0) is 9.59 Å². The zero-order valence-electron chi connectivity index (χ0n) is 30.2. The SMILES string of the molecule is [C-]#[N+]c1ccc(N2CC3(CCN(c4ccc(OC5CN(C6CN(c7ccc8c(c7)C(=O)N(C7CCC(=O)NC7=O)C8=O)C6)C5)cc4)CC3)C[C@@H]2C)cc1Cl. The van der Waals surface area contributed by atoms with Crippen LogP contribution in [0, 0.1) is 12.0 Å². The number of rotatable bonds is 7. The fraction of sp³-hybridized carbons (Fsp3) is 0.439. The first-order valence-corrected chi connectivity index (χ1v) is 19.3. The highest BCUT2D eigenvalue weighted by molar-refractivity contribution is 6.33. The van der Waals surface area contributed by atoms with E-state index in [2.05, 4.69) is 61.0 Å². The molecule has 5 saturated heterocycles. The van der Waals surface area contributed by atoms with E-state index in [0.29, 0.717) is 39.3 Å². The number of benzene rings is 3. The third-order valence-corrected chi connectivity index (χ3v) is 12.8. The van der Waals surface area contributed by atoms with E-state index in [0.717, 1.165) is 87.1 Å². The van der Waals surface area contributed by atoms with Gasteiger partial charge >= 0.3 is 0 Å². The standard InChI is InChI=1S/C41H42ClN7O5/c1-25-19-41(24-48(25)28-6-10-35(43-2)34(42)18-28)13-15-45(16-14-41)26-3-7-30(8-4-26)54-31-22-47(23-31)29-20-46(21-29)27-5-9-32-33(17-27)40(53)49(39(32)52)36-11-12-37(50)44-38(36)51/h3-10,17-18,25,29,31,36H,11-16,19-24H2,1H3,(H,44,50,51)/t25-,36?/m0/s1. The summed E-state index contributed by atoms with van der Waals surface area (Å²) < 4.78 is 6.34. The summed E-state index contributed by atoms with van der Waals surface area (Å²) in [5.41, 5.74) is 4.61. The number of carbonyl (C=O) groups excluding carboxylic acids is 4. The summed E-state index contributed by atoms with van der Waals surface area (Å²) in [6.07, 6.45) is 3.83. The molecule has 54 heavy (non-hydrogen) atoms. The van der Waals surface area contributed by atoms with Gasteiger partial charge in [0, 0.05) is 86.4 Å². The number of hydrogen-bond acceptors (Lipinski definition) is 9. The minimum atomic E-state index is -0.966. The molecule has 12 nitrogen and oxygen atoms in total. The zero-order chi connectivity index (χ0) is 37.3. The van der Waals surface area contributed by atoms with Crippen LogP contribution in [0.4, 0.5) is 22.7 Å². The Morgan fingerprint density at radius 1 is 0.852 bits per heavy atom. The molecule has 6 aliphatic heterocycles. The number of carbonyl (C=O) groups is 4. The van der Waals surface area contributed by atoms with Crippen molar-refractivity contribution in [3.05, 3.63) is 88.2 Å². The molecule has 2 atom stereocenters. The summed E-state index contributed by atoms with van der Waals surface area (Å²) in [5, 5.41) is 2.76. The number of fused-ring (bicyclic) bond motifs is 1. The highest BCUT2D eigenvalue weighted by Crippen LogP contribution is 2.46. The minimum absolute atomic E-state index is 0.0969. The van der Waals surface area contributed by atoms with E-state index >= 15 is 0 Å². The molecule has 13 heteroatoms. The van der Waals surface area contributed by atoms with Crippen molar-refractivity contribution in [2.45, 2.75) is 63.3 Å². The van der Waals surface area contributed by atoms with Gasteiger partial charge in [0.25, 0.3) is 11.8 Å². The molecule has 0 radical (unpaired) electrons. The summed E-state index contributed by atoms with van der Waals surface area (Å²) in [6.45, 7) is 16.0. The quantitative estimate of drug-likeness (QED) is 0.260. The molecule has 5 fully saturated rings. The number of likely N-dealkylation sites (tertiary alicyclic amines) is 1. The van der Waals surface area contributed by atoms with Crippen molar-refractivity contribution in [1.82, 2.24) is 15.1 Å². The van der Waals surface area contributed by atoms with Crippen molar-refractivity contribution in [2.75, 3.05) is 60.5 Å². The highest BCUT2D eigenvalue weighted by atomic mass is 35.5. The molecule has 4 amide bonds. The smallest absolute Gasteiger partial charge is 0.262 e. The molecule has 3 aromatic carbocycles. The first kappa shape index (κ1) is 34.6. The number of amides is 4. The molecule has 0 aliphatic carbocycles. The van der Waals surface area contributed by atoms with Crippen LogP contribution in [0.1, 0.15) is 59.7 Å². The number of halogens is 1. The number of nitrogens with one attached hydrogen (secondary N) is 1. The maximum absolute atomic E-state index is 13.2. The lowest BCUT2D eigenvalue weighted by Gasteiger charge is -2.52. The van der Waals surface area contributed by atoms with Crippen LogP contribution in [-0.4, -0.2) is 103 Å². The lowest BCUT2D eigenvalue weighted by Crippen LogP contribution is -2.67. The Morgan fingerprint density at radius 2 is 1.56 bits per heavy atom. The molecule has 6 heterocycles. The van der Waals surface area contributed by atoms with Crippen LogP contribution in [0.2, 0.25) is 5.02 Å². The Labute approximate surface area is 319 Å². The lowest BCUT2D eigenvalue weighted by atomic mass is 9.76. The van der Waals surface area contributed by atoms with E-state index < -0.39 is 23.8 Å². The van der Waals surface area contributed by atoms with Gasteiger partial charge < -0.3 is 19.4 Å². The summed E-state index contributed by atoms with van der Waals surface area (Å²) in [5.74, 6) is -1.07. The maximum atomic E-state index is 13.2. The van der Waals surface area contributed by atoms with Crippen molar-refractivity contribution in [3.8, 4) is 5.75 Å². The van der Waals surface area contributed by atoms with Crippen molar-refractivity contribution in [3.63, 3.8) is 0 Å². The number of hydrogen-bond donors (Lipinski definition) is 1. The average molecular weight is 748 g/mol. The number of imide groups is 2. The van der Waals surface area contributed by atoms with Gasteiger partial charge in [0.1, 0.15) is 17.9 Å². The van der Waals surface area contributed by atoms with Crippen molar-refractivity contribution >= 4 is 58.0 Å². The second kappa shape index (κ2) is 13.3. The Hall–Kier alpha value is -5.12. The molecule has 3 aromatic rings. The van der Waals surface area contributed by atoms with E-state index in [1.807, 2.05) is 24.3 Å². The third-order valence-electron chi connectivity index (χ3n) is 12.5. The van der Waals surface area contributed by atoms with Gasteiger partial charge in [-0.1, -0.05) is 17.7 Å². The third kappa shape index (κ3) is 6.03. The molecule has 0 bridgehead atoms. The normalized spacial score (nSPS) is 24.4. The average Bonchev–Trinajstić information content (AvgIpc) is 3.58. The first-order chi connectivity index (χ1) is 26.1. The van der Waals surface area contributed by atoms with Gasteiger partial charge in [-0.05, 0) is 92.6 Å².